The fourth-order valence-electron chi connectivity index (χ4n) is 2.60. The van der Waals surface area contributed by atoms with Crippen LogP contribution in [0.5, 0.6) is 0 Å². The molecule has 0 saturated heterocycles. The summed E-state index contributed by atoms with van der Waals surface area (Å²) in [5, 5.41) is 0. The Kier molecular flexibility index (Phi) is 14.3. The Morgan fingerprint density at radius 3 is 1.32 bits per heavy atom. The normalized spacial score (nSPS) is 14.5. The van der Waals surface area contributed by atoms with Gasteiger partial charge in [-0.2, -0.15) is 0 Å². The van der Waals surface area contributed by atoms with Crippen molar-refractivity contribution < 1.29 is 4.74 Å². The maximum atomic E-state index is 6.06. The number of unbranched alkanes of at least 4 members (excludes halogenated alkanes) is 8. The Hall–Kier alpha value is -0.0400. The van der Waals surface area contributed by atoms with Gasteiger partial charge in [-0.1, -0.05) is 78.1 Å². The first-order valence-corrected chi connectivity index (χ1v) is 8.86. The van der Waals surface area contributed by atoms with Crippen LogP contribution in [-0.4, -0.2) is 12.2 Å². The van der Waals surface area contributed by atoms with Crippen LogP contribution < -0.4 is 0 Å². The largest absolute Gasteiger partial charge is 0.376 e. The van der Waals surface area contributed by atoms with E-state index in [1.807, 2.05) is 0 Å². The van der Waals surface area contributed by atoms with Crippen molar-refractivity contribution in [3.63, 3.8) is 0 Å². The first kappa shape index (κ1) is 19.0. The molecule has 2 unspecified atom stereocenters. The van der Waals surface area contributed by atoms with E-state index in [2.05, 4.69) is 27.7 Å². The first-order chi connectivity index (χ1) is 9.20. The standard InChI is InChI=1S/C18H38O/c1-5-7-9-11-13-15-17(3)19-18(4)16-14-12-10-8-6-2/h17-18H,5-16H2,1-4H3. The molecule has 0 aliphatic rings. The summed E-state index contributed by atoms with van der Waals surface area (Å²) in [6, 6.07) is 0. The second-order valence-electron chi connectivity index (χ2n) is 6.16. The molecule has 1 nitrogen and oxygen atoms in total. The van der Waals surface area contributed by atoms with Gasteiger partial charge in [-0.25, -0.2) is 0 Å². The third kappa shape index (κ3) is 14.2. The quantitative estimate of drug-likeness (QED) is 0.327. The zero-order valence-electron chi connectivity index (χ0n) is 14.0. The van der Waals surface area contributed by atoms with E-state index in [9.17, 15) is 0 Å². The van der Waals surface area contributed by atoms with Crippen molar-refractivity contribution >= 4 is 0 Å². The van der Waals surface area contributed by atoms with Crippen LogP contribution in [0.3, 0.4) is 0 Å². The predicted octanol–water partition coefficient (Wildman–Crippen LogP) is 6.50. The highest BCUT2D eigenvalue weighted by molar-refractivity contribution is 4.57. The highest BCUT2D eigenvalue weighted by atomic mass is 16.5. The molecule has 1 heteroatoms. The molecule has 0 amide bonds. The summed E-state index contributed by atoms with van der Waals surface area (Å²) in [6.07, 6.45) is 17.1. The molecule has 0 aromatic heterocycles. The number of ether oxygens (including phenoxy) is 1. The summed E-state index contributed by atoms with van der Waals surface area (Å²) >= 11 is 0. The molecule has 0 aromatic rings. The maximum absolute atomic E-state index is 6.06. The van der Waals surface area contributed by atoms with E-state index in [-0.39, 0.29) is 0 Å². The lowest BCUT2D eigenvalue weighted by Gasteiger charge is -2.19. The summed E-state index contributed by atoms with van der Waals surface area (Å²) in [5.74, 6) is 0. The first-order valence-electron chi connectivity index (χ1n) is 8.86. The van der Waals surface area contributed by atoms with Crippen molar-refractivity contribution in [3.05, 3.63) is 0 Å². The molecule has 116 valence electrons. The summed E-state index contributed by atoms with van der Waals surface area (Å²) in [6.45, 7) is 9.03. The molecule has 19 heavy (non-hydrogen) atoms. The molecule has 0 aliphatic carbocycles. The predicted molar refractivity (Wildman–Crippen MR) is 86.8 cm³/mol. The van der Waals surface area contributed by atoms with Crippen LogP contribution in [0, 0.1) is 0 Å². The van der Waals surface area contributed by atoms with Gasteiger partial charge in [-0.3, -0.25) is 0 Å². The Morgan fingerprint density at radius 1 is 0.579 bits per heavy atom. The number of hydrogen-bond acceptors (Lipinski definition) is 1. The molecular weight excluding hydrogens is 232 g/mol. The summed E-state index contributed by atoms with van der Waals surface area (Å²) in [7, 11) is 0. The monoisotopic (exact) mass is 270 g/mol. The summed E-state index contributed by atoms with van der Waals surface area (Å²) in [4.78, 5) is 0. The van der Waals surface area contributed by atoms with Gasteiger partial charge in [0, 0.05) is 0 Å². The van der Waals surface area contributed by atoms with E-state index >= 15 is 0 Å². The average Bonchev–Trinajstić information content (AvgIpc) is 2.38. The Bertz CT molecular complexity index is 149. The van der Waals surface area contributed by atoms with Gasteiger partial charge in [-0.05, 0) is 26.7 Å². The minimum Gasteiger partial charge on any atom is -0.376 e. The van der Waals surface area contributed by atoms with Gasteiger partial charge in [0.1, 0.15) is 0 Å². The van der Waals surface area contributed by atoms with Gasteiger partial charge in [0.15, 0.2) is 0 Å². The van der Waals surface area contributed by atoms with Crippen LogP contribution >= 0.6 is 0 Å². The van der Waals surface area contributed by atoms with Gasteiger partial charge in [0.05, 0.1) is 12.2 Å². The van der Waals surface area contributed by atoms with Crippen LogP contribution in [0.25, 0.3) is 0 Å². The molecule has 0 spiro atoms. The lowest BCUT2D eigenvalue weighted by Crippen LogP contribution is -2.17. The second kappa shape index (κ2) is 14.4. The highest BCUT2D eigenvalue weighted by Gasteiger charge is 2.08. The van der Waals surface area contributed by atoms with Gasteiger partial charge >= 0.3 is 0 Å². The van der Waals surface area contributed by atoms with Crippen LogP contribution in [-0.2, 0) is 4.74 Å². The van der Waals surface area contributed by atoms with Crippen molar-refractivity contribution in [2.75, 3.05) is 0 Å². The van der Waals surface area contributed by atoms with Crippen LogP contribution in [0.4, 0.5) is 0 Å². The number of hydrogen-bond donors (Lipinski definition) is 0. The van der Waals surface area contributed by atoms with Gasteiger partial charge in [0.2, 0.25) is 0 Å². The molecule has 0 radical (unpaired) electrons. The van der Waals surface area contributed by atoms with E-state index < -0.39 is 0 Å². The Balaban J connectivity index is 3.34. The summed E-state index contributed by atoms with van der Waals surface area (Å²) < 4.78 is 6.06. The second-order valence-corrected chi connectivity index (χ2v) is 6.16. The fraction of sp³-hybridized carbons (Fsp3) is 1.00. The third-order valence-corrected chi connectivity index (χ3v) is 3.89. The maximum Gasteiger partial charge on any atom is 0.0550 e. The van der Waals surface area contributed by atoms with Crippen LogP contribution in [0.15, 0.2) is 0 Å². The number of rotatable bonds is 14. The topological polar surface area (TPSA) is 9.23 Å². The molecule has 0 saturated carbocycles. The lowest BCUT2D eigenvalue weighted by atomic mass is 10.1. The van der Waals surface area contributed by atoms with Crippen molar-refractivity contribution in [3.8, 4) is 0 Å². The van der Waals surface area contributed by atoms with Crippen LogP contribution in [0.2, 0.25) is 0 Å². The average molecular weight is 271 g/mol. The SMILES string of the molecule is CCCCCCCC(C)OC(C)CCCCCCC. The van der Waals surface area contributed by atoms with E-state index in [1.54, 1.807) is 0 Å². The molecule has 0 N–H and O–H groups in total. The zero-order chi connectivity index (χ0) is 14.3. The minimum atomic E-state index is 0.451. The lowest BCUT2D eigenvalue weighted by molar-refractivity contribution is -0.00231. The van der Waals surface area contributed by atoms with Crippen molar-refractivity contribution in [1.29, 1.82) is 0 Å². The van der Waals surface area contributed by atoms with E-state index in [1.165, 1.54) is 77.0 Å². The molecule has 0 bridgehead atoms. The Morgan fingerprint density at radius 2 is 0.947 bits per heavy atom. The van der Waals surface area contributed by atoms with Crippen LogP contribution in [0.1, 0.15) is 105 Å². The summed E-state index contributed by atoms with van der Waals surface area (Å²) in [5.41, 5.74) is 0. The van der Waals surface area contributed by atoms with E-state index in [0.29, 0.717) is 12.2 Å². The highest BCUT2D eigenvalue weighted by Crippen LogP contribution is 2.14. The minimum absolute atomic E-state index is 0.451. The van der Waals surface area contributed by atoms with Crippen molar-refractivity contribution in [2.45, 2.75) is 117 Å². The zero-order valence-corrected chi connectivity index (χ0v) is 14.0. The molecule has 0 rings (SSSR count). The van der Waals surface area contributed by atoms with Crippen molar-refractivity contribution in [1.82, 2.24) is 0 Å². The van der Waals surface area contributed by atoms with E-state index in [0.717, 1.165) is 0 Å². The fourth-order valence-corrected chi connectivity index (χ4v) is 2.60. The van der Waals surface area contributed by atoms with E-state index in [4.69, 9.17) is 4.74 Å². The van der Waals surface area contributed by atoms with Gasteiger partial charge in [-0.15, -0.1) is 0 Å². The van der Waals surface area contributed by atoms with Crippen molar-refractivity contribution in [2.24, 2.45) is 0 Å². The molecular formula is C18H38O. The molecule has 0 aliphatic heterocycles. The third-order valence-electron chi connectivity index (χ3n) is 3.89. The molecule has 2 atom stereocenters. The Labute approximate surface area is 122 Å². The molecule has 0 heterocycles. The molecule has 0 aromatic carbocycles. The van der Waals surface area contributed by atoms with Gasteiger partial charge in [0.25, 0.3) is 0 Å². The molecule has 0 fully saturated rings. The van der Waals surface area contributed by atoms with Gasteiger partial charge < -0.3 is 4.74 Å². The smallest absolute Gasteiger partial charge is 0.0550 e.